The van der Waals surface area contributed by atoms with E-state index in [4.69, 9.17) is 0 Å². The van der Waals surface area contributed by atoms with E-state index >= 15 is 0 Å². The molecular weight excluding hydrogens is 378 g/mol. The Hall–Kier alpha value is -3.65. The number of fused-ring (bicyclic) bond motifs is 10. The number of anilines is 1. The first-order valence-corrected chi connectivity index (χ1v) is 11.0. The number of carbonyl (C=O) groups is 1. The maximum absolute atomic E-state index is 13.6. The van der Waals surface area contributed by atoms with Gasteiger partial charge in [-0.1, -0.05) is 91.0 Å². The van der Waals surface area contributed by atoms with E-state index in [0.29, 0.717) is 0 Å². The number of rotatable bonds is 1. The highest BCUT2D eigenvalue weighted by molar-refractivity contribution is 6.12. The van der Waals surface area contributed by atoms with E-state index in [1.807, 2.05) is 12.1 Å². The van der Waals surface area contributed by atoms with E-state index in [0.717, 1.165) is 17.7 Å². The molecule has 0 fully saturated rings. The van der Waals surface area contributed by atoms with Crippen LogP contribution in [-0.2, 0) is 11.8 Å². The van der Waals surface area contributed by atoms with E-state index in [2.05, 4.69) is 95.9 Å². The van der Waals surface area contributed by atoms with Crippen LogP contribution >= 0.6 is 0 Å². The number of amides is 1. The van der Waals surface area contributed by atoms with Crippen molar-refractivity contribution < 1.29 is 4.79 Å². The zero-order chi connectivity index (χ0) is 20.6. The van der Waals surface area contributed by atoms with Crippen molar-refractivity contribution in [1.29, 1.82) is 0 Å². The molecule has 148 valence electrons. The fourth-order valence-electron chi connectivity index (χ4n) is 6.61. The first-order valence-electron chi connectivity index (χ1n) is 11.0. The van der Waals surface area contributed by atoms with Gasteiger partial charge >= 0.3 is 0 Å². The van der Waals surface area contributed by atoms with Crippen molar-refractivity contribution in [3.8, 4) is 0 Å². The lowest BCUT2D eigenvalue weighted by Crippen LogP contribution is -2.48. The molecule has 2 aliphatic heterocycles. The van der Waals surface area contributed by atoms with Crippen LogP contribution in [-0.4, -0.2) is 5.91 Å². The van der Waals surface area contributed by atoms with Crippen molar-refractivity contribution in [2.45, 2.75) is 17.9 Å². The quantitative estimate of drug-likeness (QED) is 0.390. The van der Waals surface area contributed by atoms with Gasteiger partial charge in [0, 0.05) is 17.2 Å². The van der Waals surface area contributed by atoms with Crippen molar-refractivity contribution in [2.75, 3.05) is 4.90 Å². The summed E-state index contributed by atoms with van der Waals surface area (Å²) in [6.07, 6.45) is 0.960. The van der Waals surface area contributed by atoms with Gasteiger partial charge in [-0.3, -0.25) is 4.79 Å². The number of hydrogen-bond donors (Lipinski definition) is 0. The lowest BCUT2D eigenvalue weighted by molar-refractivity contribution is 0.0977. The Morgan fingerprint density at radius 1 is 0.710 bits per heavy atom. The van der Waals surface area contributed by atoms with Gasteiger partial charge in [-0.25, -0.2) is 0 Å². The van der Waals surface area contributed by atoms with Crippen LogP contribution in [0.1, 0.15) is 44.2 Å². The van der Waals surface area contributed by atoms with Gasteiger partial charge in [-0.05, 0) is 46.4 Å². The average Bonchev–Trinajstić information content (AvgIpc) is 3.34. The second-order valence-electron chi connectivity index (χ2n) is 8.87. The van der Waals surface area contributed by atoms with E-state index < -0.39 is 0 Å². The Kier molecular flexibility index (Phi) is 3.28. The zero-order valence-corrected chi connectivity index (χ0v) is 17.0. The summed E-state index contributed by atoms with van der Waals surface area (Å²) in [6, 6.07) is 36.6. The molecule has 0 unspecified atom stereocenters. The third-order valence-electron chi connectivity index (χ3n) is 7.64. The number of nitrogens with zero attached hydrogens (tertiary/aromatic N) is 1. The van der Waals surface area contributed by atoms with Crippen LogP contribution in [0.5, 0.6) is 0 Å². The Bertz CT molecular complexity index is 1360. The van der Waals surface area contributed by atoms with Crippen molar-refractivity contribution >= 4 is 11.6 Å². The summed E-state index contributed by atoms with van der Waals surface area (Å²) >= 11 is 0. The first kappa shape index (κ1) is 17.1. The molecule has 2 heterocycles. The monoisotopic (exact) mass is 399 g/mol. The molecule has 2 heteroatoms. The van der Waals surface area contributed by atoms with Crippen molar-refractivity contribution in [3.05, 3.63) is 137 Å². The van der Waals surface area contributed by atoms with Gasteiger partial charge in [0.1, 0.15) is 0 Å². The SMILES string of the molecule is O=C1c2ccccc2[C@@H]2[C@H]3Cc4ccccc4[C@@]3(c3ccccc3)c3ccccc3N12. The molecule has 3 atom stereocenters. The summed E-state index contributed by atoms with van der Waals surface area (Å²) < 4.78 is 0. The van der Waals surface area contributed by atoms with Gasteiger partial charge in [-0.2, -0.15) is 0 Å². The van der Waals surface area contributed by atoms with Crippen LogP contribution in [0.3, 0.4) is 0 Å². The van der Waals surface area contributed by atoms with Crippen molar-refractivity contribution in [3.63, 3.8) is 0 Å². The van der Waals surface area contributed by atoms with Crippen molar-refractivity contribution in [2.24, 2.45) is 5.92 Å². The van der Waals surface area contributed by atoms with E-state index in [1.165, 1.54) is 27.8 Å². The van der Waals surface area contributed by atoms with Gasteiger partial charge in [-0.15, -0.1) is 0 Å². The van der Waals surface area contributed by atoms with Gasteiger partial charge < -0.3 is 4.90 Å². The lowest BCUT2D eigenvalue weighted by atomic mass is 9.60. The van der Waals surface area contributed by atoms with Gasteiger partial charge in [0.05, 0.1) is 11.5 Å². The highest BCUT2D eigenvalue weighted by Gasteiger charge is 2.60. The van der Waals surface area contributed by atoms with E-state index in [1.54, 1.807) is 0 Å². The Labute approximate surface area is 181 Å². The second-order valence-corrected chi connectivity index (χ2v) is 8.87. The topological polar surface area (TPSA) is 20.3 Å². The lowest BCUT2D eigenvalue weighted by Gasteiger charge is -2.49. The highest BCUT2D eigenvalue weighted by Crippen LogP contribution is 2.64. The molecule has 4 aromatic carbocycles. The second kappa shape index (κ2) is 5.95. The smallest absolute Gasteiger partial charge is 0.259 e. The fourth-order valence-corrected chi connectivity index (χ4v) is 6.61. The molecule has 0 radical (unpaired) electrons. The van der Waals surface area contributed by atoms with Gasteiger partial charge in [0.15, 0.2) is 0 Å². The van der Waals surface area contributed by atoms with Crippen LogP contribution in [0, 0.1) is 5.92 Å². The summed E-state index contributed by atoms with van der Waals surface area (Å²) in [5.74, 6) is 0.375. The maximum Gasteiger partial charge on any atom is 0.259 e. The molecule has 7 rings (SSSR count). The molecule has 3 aliphatic rings. The number of para-hydroxylation sites is 1. The Morgan fingerprint density at radius 2 is 1.39 bits per heavy atom. The minimum absolute atomic E-state index is 0.0335. The maximum atomic E-state index is 13.6. The van der Waals surface area contributed by atoms with Crippen molar-refractivity contribution in [1.82, 2.24) is 0 Å². The Morgan fingerprint density at radius 3 is 2.26 bits per heavy atom. The normalized spacial score (nSPS) is 24.8. The van der Waals surface area contributed by atoms with Gasteiger partial charge in [0.2, 0.25) is 0 Å². The molecular formula is C29H21NO. The molecule has 1 aliphatic carbocycles. The molecule has 31 heavy (non-hydrogen) atoms. The van der Waals surface area contributed by atoms with E-state index in [-0.39, 0.29) is 23.3 Å². The molecule has 2 nitrogen and oxygen atoms in total. The molecule has 4 aromatic rings. The predicted molar refractivity (Wildman–Crippen MR) is 122 cm³/mol. The fraction of sp³-hybridized carbons (Fsp3) is 0.138. The summed E-state index contributed by atoms with van der Waals surface area (Å²) in [5, 5.41) is 0. The molecule has 0 saturated heterocycles. The molecule has 0 bridgehead atoms. The number of benzene rings is 4. The largest absolute Gasteiger partial charge is 0.300 e. The third kappa shape index (κ3) is 1.96. The molecule has 1 amide bonds. The summed E-state index contributed by atoms with van der Waals surface area (Å²) in [6.45, 7) is 0. The van der Waals surface area contributed by atoms with E-state index in [9.17, 15) is 4.79 Å². The summed E-state index contributed by atoms with van der Waals surface area (Å²) in [7, 11) is 0. The number of hydrogen-bond acceptors (Lipinski definition) is 1. The molecule has 0 N–H and O–H groups in total. The molecule has 0 saturated carbocycles. The minimum Gasteiger partial charge on any atom is -0.300 e. The summed E-state index contributed by atoms with van der Waals surface area (Å²) in [4.78, 5) is 15.7. The first-order chi connectivity index (χ1) is 15.3. The van der Waals surface area contributed by atoms with Crippen LogP contribution in [0.25, 0.3) is 0 Å². The predicted octanol–water partition coefficient (Wildman–Crippen LogP) is 5.91. The minimum atomic E-state index is -0.270. The van der Waals surface area contributed by atoms with Crippen LogP contribution < -0.4 is 4.90 Å². The molecule has 0 spiro atoms. The standard InChI is InChI=1S/C29H21NO/c31-28-22-14-6-5-13-21(22)27-25-18-19-10-4-7-15-23(19)29(25,20-11-2-1-3-12-20)24-16-8-9-17-26(24)30(27)28/h1-17,25,27H,18H2/t25-,27-,29+/m1/s1. The Balaban J connectivity index is 1.64. The average molecular weight is 399 g/mol. The third-order valence-corrected chi connectivity index (χ3v) is 7.64. The van der Waals surface area contributed by atoms with Crippen LogP contribution in [0.15, 0.2) is 103 Å². The zero-order valence-electron chi connectivity index (χ0n) is 17.0. The number of carbonyl (C=O) groups excluding carboxylic acids is 1. The molecule has 0 aromatic heterocycles. The van der Waals surface area contributed by atoms with Crippen LogP contribution in [0.4, 0.5) is 5.69 Å². The highest BCUT2D eigenvalue weighted by atomic mass is 16.2. The van der Waals surface area contributed by atoms with Crippen LogP contribution in [0.2, 0.25) is 0 Å². The van der Waals surface area contributed by atoms with Gasteiger partial charge in [0.25, 0.3) is 5.91 Å². The summed E-state index contributed by atoms with van der Waals surface area (Å²) in [5.41, 5.74) is 8.13.